The van der Waals surface area contributed by atoms with E-state index in [1.807, 2.05) is 17.5 Å². The van der Waals surface area contributed by atoms with E-state index in [-0.39, 0.29) is 5.69 Å². The SMILES string of the molecule is COc1ccc(C(=O)Nc2ccc(F)c(F)c2)cc1NCc1cccs1. The highest BCUT2D eigenvalue weighted by molar-refractivity contribution is 7.09. The van der Waals surface area contributed by atoms with Crippen molar-refractivity contribution in [3.05, 3.63) is 76.0 Å². The molecule has 26 heavy (non-hydrogen) atoms. The molecule has 0 aliphatic rings. The summed E-state index contributed by atoms with van der Waals surface area (Å²) in [6.45, 7) is 0.599. The first kappa shape index (κ1) is 17.9. The highest BCUT2D eigenvalue weighted by atomic mass is 32.1. The van der Waals surface area contributed by atoms with Gasteiger partial charge < -0.3 is 15.4 Å². The van der Waals surface area contributed by atoms with E-state index in [4.69, 9.17) is 4.74 Å². The predicted octanol–water partition coefficient (Wildman–Crippen LogP) is 4.90. The Kier molecular flexibility index (Phi) is 5.48. The molecule has 4 nitrogen and oxygen atoms in total. The highest BCUT2D eigenvalue weighted by Gasteiger charge is 2.12. The number of benzene rings is 2. The number of carbonyl (C=O) groups excluding carboxylic acids is 1. The Morgan fingerprint density at radius 3 is 2.65 bits per heavy atom. The summed E-state index contributed by atoms with van der Waals surface area (Å²) in [6, 6.07) is 12.1. The summed E-state index contributed by atoms with van der Waals surface area (Å²) in [5.74, 6) is -1.81. The zero-order valence-corrected chi connectivity index (χ0v) is 14.7. The van der Waals surface area contributed by atoms with E-state index in [1.54, 1.807) is 36.6 Å². The summed E-state index contributed by atoms with van der Waals surface area (Å²) in [6.07, 6.45) is 0. The van der Waals surface area contributed by atoms with E-state index in [2.05, 4.69) is 10.6 Å². The average Bonchev–Trinajstić information content (AvgIpc) is 3.16. The molecule has 0 radical (unpaired) electrons. The maximum atomic E-state index is 13.3. The quantitative estimate of drug-likeness (QED) is 0.645. The number of hydrogen-bond donors (Lipinski definition) is 2. The Morgan fingerprint density at radius 1 is 1.12 bits per heavy atom. The second-order valence-corrected chi connectivity index (χ2v) is 6.46. The zero-order valence-electron chi connectivity index (χ0n) is 13.9. The van der Waals surface area contributed by atoms with Crippen LogP contribution in [0.2, 0.25) is 0 Å². The molecule has 0 fully saturated rings. The van der Waals surface area contributed by atoms with Crippen LogP contribution in [0.3, 0.4) is 0 Å². The van der Waals surface area contributed by atoms with Crippen LogP contribution in [0, 0.1) is 11.6 Å². The van der Waals surface area contributed by atoms with Gasteiger partial charge in [0.05, 0.1) is 12.8 Å². The summed E-state index contributed by atoms with van der Waals surface area (Å²) in [4.78, 5) is 13.5. The molecule has 134 valence electrons. The van der Waals surface area contributed by atoms with E-state index in [0.717, 1.165) is 17.0 Å². The minimum Gasteiger partial charge on any atom is -0.495 e. The minimum absolute atomic E-state index is 0.179. The molecular weight excluding hydrogens is 358 g/mol. The maximum absolute atomic E-state index is 13.3. The third kappa shape index (κ3) is 4.18. The number of hydrogen-bond acceptors (Lipinski definition) is 4. The molecule has 3 rings (SSSR count). The lowest BCUT2D eigenvalue weighted by molar-refractivity contribution is 0.102. The maximum Gasteiger partial charge on any atom is 0.255 e. The topological polar surface area (TPSA) is 50.4 Å². The smallest absolute Gasteiger partial charge is 0.255 e. The van der Waals surface area contributed by atoms with Gasteiger partial charge in [0, 0.05) is 28.7 Å². The molecule has 0 bridgehead atoms. The van der Waals surface area contributed by atoms with Gasteiger partial charge in [-0.3, -0.25) is 4.79 Å². The Labute approximate surface area is 153 Å². The second-order valence-electron chi connectivity index (χ2n) is 5.43. The Balaban J connectivity index is 1.77. The lowest BCUT2D eigenvalue weighted by Gasteiger charge is -2.13. The molecular formula is C19H16F2N2O2S. The molecule has 0 saturated carbocycles. The van der Waals surface area contributed by atoms with Crippen LogP contribution in [0.4, 0.5) is 20.2 Å². The van der Waals surface area contributed by atoms with E-state index >= 15 is 0 Å². The van der Waals surface area contributed by atoms with E-state index in [1.165, 1.54) is 6.07 Å². The van der Waals surface area contributed by atoms with Crippen LogP contribution in [0.15, 0.2) is 53.9 Å². The molecule has 7 heteroatoms. The van der Waals surface area contributed by atoms with Crippen molar-refractivity contribution >= 4 is 28.6 Å². The van der Waals surface area contributed by atoms with Gasteiger partial charge in [0.25, 0.3) is 5.91 Å². The minimum atomic E-state index is -1.02. The first-order valence-corrected chi connectivity index (χ1v) is 8.65. The van der Waals surface area contributed by atoms with Crippen molar-refractivity contribution in [3.63, 3.8) is 0 Å². The predicted molar refractivity (Wildman–Crippen MR) is 99.0 cm³/mol. The molecule has 0 aliphatic carbocycles. The molecule has 1 amide bonds. The number of anilines is 2. The third-order valence-electron chi connectivity index (χ3n) is 3.67. The standard InChI is InChI=1S/C19H16F2N2O2S/c1-25-18-7-4-12(9-17(18)22-11-14-3-2-8-26-14)19(24)23-13-5-6-15(20)16(21)10-13/h2-10,22H,11H2,1H3,(H,23,24). The molecule has 0 aliphatic heterocycles. The molecule has 0 spiro atoms. The third-order valence-corrected chi connectivity index (χ3v) is 4.55. The summed E-state index contributed by atoms with van der Waals surface area (Å²) in [7, 11) is 1.55. The summed E-state index contributed by atoms with van der Waals surface area (Å²) >= 11 is 1.62. The van der Waals surface area contributed by atoms with Crippen molar-refractivity contribution in [3.8, 4) is 5.75 Å². The Hall–Kier alpha value is -2.93. The van der Waals surface area contributed by atoms with Crippen molar-refractivity contribution in [2.75, 3.05) is 17.7 Å². The van der Waals surface area contributed by atoms with Crippen LogP contribution in [0.5, 0.6) is 5.75 Å². The van der Waals surface area contributed by atoms with Gasteiger partial charge in [-0.15, -0.1) is 11.3 Å². The summed E-state index contributed by atoms with van der Waals surface area (Å²) < 4.78 is 31.6. The van der Waals surface area contributed by atoms with Crippen molar-refractivity contribution < 1.29 is 18.3 Å². The van der Waals surface area contributed by atoms with Crippen LogP contribution in [-0.2, 0) is 6.54 Å². The fourth-order valence-electron chi connectivity index (χ4n) is 2.36. The van der Waals surface area contributed by atoms with Crippen molar-refractivity contribution in [1.82, 2.24) is 0 Å². The second kappa shape index (κ2) is 7.97. The van der Waals surface area contributed by atoms with Gasteiger partial charge in [0.1, 0.15) is 5.75 Å². The first-order chi connectivity index (χ1) is 12.6. The van der Waals surface area contributed by atoms with E-state index < -0.39 is 17.5 Å². The van der Waals surface area contributed by atoms with E-state index in [0.29, 0.717) is 23.5 Å². The number of ether oxygens (including phenoxy) is 1. The number of carbonyl (C=O) groups is 1. The number of methoxy groups -OCH3 is 1. The molecule has 3 aromatic rings. The van der Waals surface area contributed by atoms with Crippen LogP contribution in [0.25, 0.3) is 0 Å². The number of halogens is 2. The molecule has 1 heterocycles. The van der Waals surface area contributed by atoms with Crippen LogP contribution in [0.1, 0.15) is 15.2 Å². The van der Waals surface area contributed by atoms with Crippen LogP contribution >= 0.6 is 11.3 Å². The fraction of sp³-hybridized carbons (Fsp3) is 0.105. The molecule has 2 aromatic carbocycles. The fourth-order valence-corrected chi connectivity index (χ4v) is 3.00. The van der Waals surface area contributed by atoms with Crippen LogP contribution in [-0.4, -0.2) is 13.0 Å². The van der Waals surface area contributed by atoms with Crippen molar-refractivity contribution in [2.24, 2.45) is 0 Å². The summed E-state index contributed by atoms with van der Waals surface area (Å²) in [5, 5.41) is 7.77. The van der Waals surface area contributed by atoms with Gasteiger partial charge in [0.15, 0.2) is 11.6 Å². The monoisotopic (exact) mass is 374 g/mol. The van der Waals surface area contributed by atoms with Crippen molar-refractivity contribution in [1.29, 1.82) is 0 Å². The highest BCUT2D eigenvalue weighted by Crippen LogP contribution is 2.27. The largest absolute Gasteiger partial charge is 0.495 e. The van der Waals surface area contributed by atoms with Gasteiger partial charge in [0.2, 0.25) is 0 Å². The number of nitrogens with one attached hydrogen (secondary N) is 2. The molecule has 0 unspecified atom stereocenters. The molecule has 0 atom stereocenters. The number of thiophene rings is 1. The normalized spacial score (nSPS) is 10.4. The number of amides is 1. The van der Waals surface area contributed by atoms with Crippen LogP contribution < -0.4 is 15.4 Å². The first-order valence-electron chi connectivity index (χ1n) is 7.77. The number of rotatable bonds is 6. The van der Waals surface area contributed by atoms with Gasteiger partial charge in [-0.1, -0.05) is 6.07 Å². The van der Waals surface area contributed by atoms with Gasteiger partial charge >= 0.3 is 0 Å². The molecule has 0 saturated heterocycles. The van der Waals surface area contributed by atoms with E-state index in [9.17, 15) is 13.6 Å². The average molecular weight is 374 g/mol. The molecule has 1 aromatic heterocycles. The van der Waals surface area contributed by atoms with Crippen molar-refractivity contribution in [2.45, 2.75) is 6.54 Å². The lowest BCUT2D eigenvalue weighted by atomic mass is 10.1. The molecule has 2 N–H and O–H groups in total. The lowest BCUT2D eigenvalue weighted by Crippen LogP contribution is -2.13. The Morgan fingerprint density at radius 2 is 1.96 bits per heavy atom. The van der Waals surface area contributed by atoms with Gasteiger partial charge in [-0.05, 0) is 41.8 Å². The summed E-state index contributed by atoms with van der Waals surface area (Å²) in [5.41, 5.74) is 1.21. The van der Waals surface area contributed by atoms with Gasteiger partial charge in [-0.2, -0.15) is 0 Å². The zero-order chi connectivity index (χ0) is 18.5. The Bertz CT molecular complexity index is 914. The van der Waals surface area contributed by atoms with Gasteiger partial charge in [-0.25, -0.2) is 8.78 Å².